The Bertz CT molecular complexity index is 417. The molecule has 0 unspecified atom stereocenters. The van der Waals surface area contributed by atoms with Gasteiger partial charge in [0.1, 0.15) is 0 Å². The fraction of sp³-hybridized carbons (Fsp3) is 0.700. The van der Waals surface area contributed by atoms with E-state index in [2.05, 4.69) is 65.0 Å². The monoisotopic (exact) mass is 272 g/mol. The second-order valence-corrected chi connectivity index (χ2v) is 8.53. The van der Waals surface area contributed by atoms with Crippen LogP contribution in [0.3, 0.4) is 0 Å². The summed E-state index contributed by atoms with van der Waals surface area (Å²) < 4.78 is 0. The van der Waals surface area contributed by atoms with E-state index in [0.29, 0.717) is 16.2 Å². The van der Waals surface area contributed by atoms with Gasteiger partial charge in [-0.1, -0.05) is 77.8 Å². The molecule has 1 aromatic rings. The highest BCUT2D eigenvalue weighted by Gasteiger charge is 2.46. The summed E-state index contributed by atoms with van der Waals surface area (Å²) in [6.07, 6.45) is 8.21. The molecular formula is C20H32. The highest BCUT2D eigenvalue weighted by Crippen LogP contribution is 2.55. The zero-order valence-corrected chi connectivity index (χ0v) is 14.1. The van der Waals surface area contributed by atoms with Crippen molar-refractivity contribution in [2.75, 3.05) is 0 Å². The maximum Gasteiger partial charge on any atom is -0.00213 e. The van der Waals surface area contributed by atoms with Crippen molar-refractivity contribution >= 4 is 0 Å². The molecule has 1 aliphatic rings. The van der Waals surface area contributed by atoms with Crippen LogP contribution in [0.2, 0.25) is 0 Å². The molecule has 1 aromatic carbocycles. The summed E-state index contributed by atoms with van der Waals surface area (Å²) >= 11 is 0. The van der Waals surface area contributed by atoms with Crippen molar-refractivity contribution in [3.05, 3.63) is 35.9 Å². The number of hydrogen-bond acceptors (Lipinski definition) is 0. The molecule has 2 rings (SSSR count). The van der Waals surface area contributed by atoms with Gasteiger partial charge in [0.05, 0.1) is 0 Å². The van der Waals surface area contributed by atoms with E-state index >= 15 is 0 Å². The third-order valence-corrected chi connectivity index (χ3v) is 5.83. The van der Waals surface area contributed by atoms with Crippen molar-refractivity contribution < 1.29 is 0 Å². The van der Waals surface area contributed by atoms with E-state index in [0.717, 1.165) is 0 Å². The standard InChI is InChI=1S/C20H32/c1-18(2,3)15-16-20(5,17-11-7-6-8-12-17)19(4)13-9-10-14-19/h6-8,11-12H,9-10,13-16H2,1-5H3/t20-/m1/s1. The lowest BCUT2D eigenvalue weighted by Crippen LogP contribution is -2.40. The third kappa shape index (κ3) is 3.10. The van der Waals surface area contributed by atoms with Gasteiger partial charge < -0.3 is 0 Å². The van der Waals surface area contributed by atoms with Gasteiger partial charge in [0, 0.05) is 0 Å². The molecule has 0 bridgehead atoms. The van der Waals surface area contributed by atoms with Crippen molar-refractivity contribution in [3.63, 3.8) is 0 Å². The minimum Gasteiger partial charge on any atom is -0.0622 e. The summed E-state index contributed by atoms with van der Waals surface area (Å²) in [5.41, 5.74) is 2.76. The molecule has 0 radical (unpaired) electrons. The van der Waals surface area contributed by atoms with Gasteiger partial charge in [-0.25, -0.2) is 0 Å². The molecular weight excluding hydrogens is 240 g/mol. The summed E-state index contributed by atoms with van der Waals surface area (Å²) in [6, 6.07) is 11.3. The second kappa shape index (κ2) is 5.54. The van der Waals surface area contributed by atoms with Gasteiger partial charge in [0.2, 0.25) is 0 Å². The van der Waals surface area contributed by atoms with Crippen molar-refractivity contribution in [2.45, 2.75) is 78.6 Å². The van der Waals surface area contributed by atoms with Gasteiger partial charge in [-0.05, 0) is 47.5 Å². The Morgan fingerprint density at radius 1 is 0.900 bits per heavy atom. The molecule has 0 heterocycles. The Labute approximate surface area is 126 Å². The summed E-state index contributed by atoms with van der Waals surface area (Å²) in [4.78, 5) is 0. The third-order valence-electron chi connectivity index (χ3n) is 5.83. The predicted molar refractivity (Wildman–Crippen MR) is 89.1 cm³/mol. The first-order chi connectivity index (χ1) is 9.27. The topological polar surface area (TPSA) is 0 Å². The van der Waals surface area contributed by atoms with Crippen LogP contribution in [0.15, 0.2) is 30.3 Å². The van der Waals surface area contributed by atoms with E-state index in [1.54, 1.807) is 5.56 Å². The molecule has 0 heteroatoms. The highest BCUT2D eigenvalue weighted by atomic mass is 14.5. The smallest absolute Gasteiger partial charge is 0.00213 e. The minimum atomic E-state index is 0.317. The van der Waals surface area contributed by atoms with Gasteiger partial charge in [0.25, 0.3) is 0 Å². The van der Waals surface area contributed by atoms with Crippen molar-refractivity contribution in [1.82, 2.24) is 0 Å². The van der Waals surface area contributed by atoms with Crippen LogP contribution < -0.4 is 0 Å². The first-order valence-corrected chi connectivity index (χ1v) is 8.32. The average Bonchev–Trinajstić information content (AvgIpc) is 2.85. The van der Waals surface area contributed by atoms with Crippen molar-refractivity contribution in [1.29, 1.82) is 0 Å². The van der Waals surface area contributed by atoms with Gasteiger partial charge in [-0.2, -0.15) is 0 Å². The van der Waals surface area contributed by atoms with Crippen LogP contribution in [-0.4, -0.2) is 0 Å². The van der Waals surface area contributed by atoms with Crippen LogP contribution in [-0.2, 0) is 5.41 Å². The quantitative estimate of drug-likeness (QED) is 0.599. The van der Waals surface area contributed by atoms with Gasteiger partial charge in [0.15, 0.2) is 0 Å². The first kappa shape index (κ1) is 15.6. The SMILES string of the molecule is CC(C)(C)CC[C@](C)(c1ccccc1)C1(C)CCCC1. The maximum atomic E-state index is 2.54. The Hall–Kier alpha value is -0.780. The summed E-state index contributed by atoms with van der Waals surface area (Å²) in [7, 11) is 0. The van der Waals surface area contributed by atoms with Gasteiger partial charge in [-0.15, -0.1) is 0 Å². The lowest BCUT2D eigenvalue weighted by Gasteiger charge is -2.46. The van der Waals surface area contributed by atoms with E-state index in [1.807, 2.05) is 0 Å². The number of hydrogen-bond donors (Lipinski definition) is 0. The summed E-state index contributed by atoms with van der Waals surface area (Å²) in [5.74, 6) is 0. The molecule has 0 N–H and O–H groups in total. The van der Waals surface area contributed by atoms with Crippen LogP contribution in [0.5, 0.6) is 0 Å². The lowest BCUT2D eigenvalue weighted by molar-refractivity contribution is 0.130. The van der Waals surface area contributed by atoms with E-state index in [1.165, 1.54) is 38.5 Å². The molecule has 1 fully saturated rings. The van der Waals surface area contributed by atoms with E-state index in [-0.39, 0.29) is 0 Å². The molecule has 112 valence electrons. The molecule has 20 heavy (non-hydrogen) atoms. The van der Waals surface area contributed by atoms with Crippen molar-refractivity contribution in [2.24, 2.45) is 10.8 Å². The largest absolute Gasteiger partial charge is 0.0622 e. The molecule has 0 saturated heterocycles. The molecule has 1 aliphatic carbocycles. The van der Waals surface area contributed by atoms with Crippen LogP contribution in [0.25, 0.3) is 0 Å². The second-order valence-electron chi connectivity index (χ2n) is 8.53. The highest BCUT2D eigenvalue weighted by molar-refractivity contribution is 5.28. The molecule has 0 nitrogen and oxygen atoms in total. The van der Waals surface area contributed by atoms with Crippen molar-refractivity contribution in [3.8, 4) is 0 Å². The predicted octanol–water partition coefficient (Wildman–Crippen LogP) is 6.35. The Morgan fingerprint density at radius 3 is 1.95 bits per heavy atom. The fourth-order valence-electron chi connectivity index (χ4n) is 3.93. The Kier molecular flexibility index (Phi) is 4.33. The molecule has 1 atom stereocenters. The number of benzene rings is 1. The zero-order chi connectivity index (χ0) is 14.9. The normalized spacial score (nSPS) is 21.6. The molecule has 0 spiro atoms. The van der Waals surface area contributed by atoms with Crippen LogP contribution in [0.4, 0.5) is 0 Å². The van der Waals surface area contributed by atoms with Crippen LogP contribution >= 0.6 is 0 Å². The van der Waals surface area contributed by atoms with Gasteiger partial charge in [-0.3, -0.25) is 0 Å². The van der Waals surface area contributed by atoms with E-state index < -0.39 is 0 Å². The minimum absolute atomic E-state index is 0.317. The Balaban J connectivity index is 2.33. The zero-order valence-electron chi connectivity index (χ0n) is 14.1. The summed E-state index contributed by atoms with van der Waals surface area (Å²) in [6.45, 7) is 12.2. The number of rotatable bonds is 4. The molecule has 0 amide bonds. The van der Waals surface area contributed by atoms with E-state index in [9.17, 15) is 0 Å². The lowest BCUT2D eigenvalue weighted by atomic mass is 9.58. The fourth-order valence-corrected chi connectivity index (χ4v) is 3.93. The molecule has 0 aromatic heterocycles. The van der Waals surface area contributed by atoms with Crippen LogP contribution in [0, 0.1) is 10.8 Å². The average molecular weight is 272 g/mol. The molecule has 1 saturated carbocycles. The van der Waals surface area contributed by atoms with Gasteiger partial charge >= 0.3 is 0 Å². The Morgan fingerprint density at radius 2 is 1.45 bits per heavy atom. The molecule has 0 aliphatic heterocycles. The first-order valence-electron chi connectivity index (χ1n) is 8.32. The maximum absolute atomic E-state index is 2.54. The van der Waals surface area contributed by atoms with Crippen LogP contribution in [0.1, 0.15) is 78.7 Å². The summed E-state index contributed by atoms with van der Waals surface area (Å²) in [5, 5.41) is 0. The van der Waals surface area contributed by atoms with E-state index in [4.69, 9.17) is 0 Å².